The number of nitrogens with zero attached hydrogens (tertiary/aromatic N) is 8. The second-order valence-electron chi connectivity index (χ2n) is 33.5. The van der Waals surface area contributed by atoms with Crippen molar-refractivity contribution in [3.8, 4) is 11.5 Å². The van der Waals surface area contributed by atoms with Crippen LogP contribution in [-0.2, 0) is 91.6 Å². The summed E-state index contributed by atoms with van der Waals surface area (Å²) < 4.78 is 15.4. The number of hydrogen-bond acceptors (Lipinski definition) is 21. The minimum absolute atomic E-state index is 0.0285. The second kappa shape index (κ2) is 39.7. The molecule has 2 fully saturated rings. The number of fused-ring (bicyclic) bond motifs is 2. The van der Waals surface area contributed by atoms with E-state index in [1.165, 1.54) is 19.2 Å². The third kappa shape index (κ3) is 23.2. The zero-order valence-electron chi connectivity index (χ0n) is 69.5. The first-order valence-electron chi connectivity index (χ1n) is 40.7. The van der Waals surface area contributed by atoms with Crippen LogP contribution >= 0.6 is 0 Å². The van der Waals surface area contributed by atoms with Gasteiger partial charge in [-0.15, -0.1) is 10.2 Å². The number of hydrogen-bond donors (Lipinski definition) is 13. The molecule has 0 saturated carbocycles. The molecule has 0 radical (unpaired) electrons. The van der Waals surface area contributed by atoms with E-state index >= 15 is 28.8 Å². The van der Waals surface area contributed by atoms with E-state index < -0.39 is 167 Å². The summed E-state index contributed by atoms with van der Waals surface area (Å²) >= 11 is 0. The van der Waals surface area contributed by atoms with Crippen LogP contribution in [-0.4, -0.2) is 232 Å². The Labute approximate surface area is 700 Å². The van der Waals surface area contributed by atoms with E-state index in [1.807, 2.05) is 72.8 Å². The summed E-state index contributed by atoms with van der Waals surface area (Å²) in [5, 5.41) is 88.5. The summed E-state index contributed by atoms with van der Waals surface area (Å²) in [6, 6.07) is 24.6. The number of benzene rings is 6. The average Bonchev–Trinajstić information content (AvgIpc) is 1.65. The van der Waals surface area contributed by atoms with E-state index in [0.717, 1.165) is 21.5 Å². The van der Waals surface area contributed by atoms with Gasteiger partial charge < -0.3 is 87.6 Å². The lowest BCUT2D eigenvalue weighted by molar-refractivity contribution is -0.145. The Kier molecular flexibility index (Phi) is 29.4. The maximum atomic E-state index is 15.9. The van der Waals surface area contributed by atoms with Gasteiger partial charge in [-0.1, -0.05) is 161 Å². The van der Waals surface area contributed by atoms with Crippen molar-refractivity contribution < 1.29 is 82.6 Å². The Balaban J connectivity index is 0.965. The highest BCUT2D eigenvalue weighted by Gasteiger charge is 2.51. The van der Waals surface area contributed by atoms with Gasteiger partial charge in [-0.25, -0.2) is 14.2 Å². The van der Waals surface area contributed by atoms with Gasteiger partial charge in [-0.2, -0.15) is 0 Å². The molecule has 8 aromatic rings. The van der Waals surface area contributed by atoms with Gasteiger partial charge in [0.1, 0.15) is 84.4 Å². The fourth-order valence-electron chi connectivity index (χ4n) is 15.3. The monoisotopic (exact) mass is 1660 g/mol. The molecule has 34 heteroatoms. The van der Waals surface area contributed by atoms with Crippen molar-refractivity contribution in [1.29, 1.82) is 0 Å². The van der Waals surface area contributed by atoms with Gasteiger partial charge in [0.2, 0.25) is 53.2 Å². The standard InChI is InChI=1S/C87H109N17O17/c1-49(88-9)76(109)95-74(86(3,4)5)83(116)101-35-32-69-72(101)81(114)92-66(41-53-19-25-55-15-11-13-17-57(55)37-53)79(112)91-65(78(111)90-34-31-61(105)43-62(106)44-71(107)108)39-51-21-27-63(28-22-51)120-47-59-45-104(100-97-59)70-33-36-102(84(117)75(87(6,7)8)96-77(110)50(2)89-10)73(70)82(115)93-67(42-54-20-26-56-16-12-14-18-58(56)38-54)80(113)94-68(85(118)119)40-52-23-29-64(30-24-52)121-48-60-46-103(69)99-98-60/h11-30,37-38,45-46,49-50,61-62,65-70,72-75,88-89,105-106H,31-36,39-44,47-48H2,1-10H3,(H,90,111)(H,91,112)(H,92,114)(H,93,115)(H,94,113)(H,95,109)(H,96,110)(H,107,108)(H,118,119)/t49-,50-,61+,62+,65-,66-,67-,68-,69+,70+,72-,73-,74+,75+/m0/s1. The molecular formula is C87H109N17O17. The van der Waals surface area contributed by atoms with Crippen LogP contribution in [0, 0.1) is 10.8 Å². The topological polar surface area (TPSA) is 463 Å². The van der Waals surface area contributed by atoms with Crippen molar-refractivity contribution in [1.82, 2.24) is 87.6 Å². The lowest BCUT2D eigenvalue weighted by Crippen LogP contribution is -2.61. The lowest BCUT2D eigenvalue weighted by atomic mass is 9.85. The van der Waals surface area contributed by atoms with E-state index in [0.29, 0.717) is 33.8 Å². The summed E-state index contributed by atoms with van der Waals surface area (Å²) in [7, 11) is 3.20. The molecule has 121 heavy (non-hydrogen) atoms. The zero-order valence-corrected chi connectivity index (χ0v) is 69.5. The molecule has 0 spiro atoms. The Hall–Kier alpha value is -12.3. The number of likely N-dealkylation sites (tertiary alicyclic amines) is 2. The van der Waals surface area contributed by atoms with Crippen molar-refractivity contribution in [3.05, 3.63) is 179 Å². The van der Waals surface area contributed by atoms with Crippen LogP contribution in [0.25, 0.3) is 21.5 Å². The smallest absolute Gasteiger partial charge is 0.326 e. The molecule has 8 bridgehead atoms. The van der Waals surface area contributed by atoms with Gasteiger partial charge in [0.15, 0.2) is 0 Å². The van der Waals surface area contributed by atoms with Gasteiger partial charge in [-0.05, 0) is 133 Å². The van der Waals surface area contributed by atoms with Gasteiger partial charge in [0.05, 0.1) is 55.2 Å². The first-order chi connectivity index (χ1) is 57.6. The molecule has 6 aliphatic heterocycles. The number of nitrogens with one attached hydrogen (secondary N) is 9. The van der Waals surface area contributed by atoms with Gasteiger partial charge in [0, 0.05) is 45.3 Å². The Morgan fingerprint density at radius 1 is 0.529 bits per heavy atom. The van der Waals surface area contributed by atoms with Crippen molar-refractivity contribution in [3.63, 3.8) is 0 Å². The number of ether oxygens (including phenoxy) is 2. The molecular weight excluding hydrogens is 1560 g/mol. The Morgan fingerprint density at radius 2 is 0.942 bits per heavy atom. The van der Waals surface area contributed by atoms with Crippen LogP contribution in [0.15, 0.2) is 146 Å². The highest BCUT2D eigenvalue weighted by atomic mass is 16.5. The second-order valence-corrected chi connectivity index (χ2v) is 33.5. The maximum absolute atomic E-state index is 15.9. The van der Waals surface area contributed by atoms with Crippen molar-refractivity contribution >= 4 is 86.6 Å². The number of likely N-dealkylation sites (N-methyl/N-ethyl adjacent to an activating group) is 2. The van der Waals surface area contributed by atoms with E-state index in [2.05, 4.69) is 68.5 Å². The molecule has 14 atom stereocenters. The highest BCUT2D eigenvalue weighted by molar-refractivity contribution is 5.99. The van der Waals surface area contributed by atoms with E-state index in [-0.39, 0.29) is 95.6 Å². The molecule has 6 aliphatic rings. The zero-order chi connectivity index (χ0) is 87.1. The van der Waals surface area contributed by atoms with Crippen LogP contribution in [0.1, 0.15) is 133 Å². The number of carboxylic acids is 2. The highest BCUT2D eigenvalue weighted by Crippen LogP contribution is 2.36. The number of carboxylic acid groups (broad SMARTS) is 2. The number of carbonyl (C=O) groups excluding carboxylic acids is 9. The number of carbonyl (C=O) groups is 11. The van der Waals surface area contributed by atoms with E-state index in [9.17, 15) is 44.4 Å². The molecule has 6 aromatic carbocycles. The molecule has 0 unspecified atom stereocenters. The molecule has 13 N–H and O–H groups in total. The van der Waals surface area contributed by atoms with Crippen LogP contribution in [0.2, 0.25) is 0 Å². The normalized spacial score (nSPS) is 21.3. The molecule has 644 valence electrons. The molecule has 14 rings (SSSR count). The first kappa shape index (κ1) is 89.5. The van der Waals surface area contributed by atoms with Gasteiger partial charge in [0.25, 0.3) is 0 Å². The predicted octanol–water partition coefficient (Wildman–Crippen LogP) is 3.30. The summed E-state index contributed by atoms with van der Waals surface area (Å²) in [6.45, 7) is 13.3. The SMILES string of the molecule is CN[C@@H](C)C(=O)N[C@H](C(=O)N1CC[C@@H]2[C@H]1C(=O)N[C@@H](Cc1ccc3ccccc3c1)C(=O)N[C@H](C(=O)O)Cc1ccc(cc1)OCc1cn(nn1)[C@@H]1CCN(C(=O)[C@@H](NC(=O)[C@H](C)NC)C(C)(C)C)[C@@H]1C(=O)N[C@@H](Cc1ccc3ccccc3c1)C(=O)N[C@H](C(=O)NCC[C@@H](O)C[C@@H](O)CC(=O)O)Cc1ccc(cc1)OCc1cn2nn1)C(C)(C)C. The average molecular weight is 1660 g/mol. The number of rotatable bonds is 21. The number of aliphatic hydroxyl groups is 2. The number of aliphatic carboxylic acids is 2. The van der Waals surface area contributed by atoms with Crippen molar-refractivity contribution in [2.24, 2.45) is 10.8 Å². The van der Waals surface area contributed by atoms with Crippen LogP contribution in [0.4, 0.5) is 0 Å². The third-order valence-electron chi connectivity index (χ3n) is 22.3. The maximum Gasteiger partial charge on any atom is 0.326 e. The van der Waals surface area contributed by atoms with Gasteiger partial charge >= 0.3 is 11.9 Å². The van der Waals surface area contributed by atoms with Crippen molar-refractivity contribution in [2.45, 2.75) is 211 Å². The lowest BCUT2D eigenvalue weighted by Gasteiger charge is -2.37. The van der Waals surface area contributed by atoms with Crippen LogP contribution < -0.4 is 57.3 Å². The summed E-state index contributed by atoms with van der Waals surface area (Å²) in [6.07, 6.45) is -1.06. The van der Waals surface area contributed by atoms with Crippen molar-refractivity contribution in [2.75, 3.05) is 33.7 Å². The molecule has 0 aliphatic carbocycles. The molecule has 8 heterocycles. The fraction of sp³-hybridized carbons (Fsp3) is 0.460. The predicted molar refractivity (Wildman–Crippen MR) is 444 cm³/mol. The minimum atomic E-state index is -1.56. The Bertz CT molecular complexity index is 5050. The number of aliphatic hydroxyl groups excluding tert-OH is 2. The third-order valence-corrected chi connectivity index (χ3v) is 22.3. The molecule has 2 saturated heterocycles. The number of aromatic nitrogens is 6. The van der Waals surface area contributed by atoms with E-state index in [4.69, 9.17) is 9.47 Å². The van der Waals surface area contributed by atoms with Crippen LogP contribution in [0.5, 0.6) is 11.5 Å². The number of amides is 9. The molecule has 2 aromatic heterocycles. The first-order valence-corrected chi connectivity index (χ1v) is 40.7. The Morgan fingerprint density at radius 3 is 1.35 bits per heavy atom. The largest absolute Gasteiger partial charge is 0.487 e. The quantitative estimate of drug-likeness (QED) is 0.0491. The summed E-state index contributed by atoms with van der Waals surface area (Å²) in [5.74, 6) is -8.24. The fourth-order valence-corrected chi connectivity index (χ4v) is 15.3. The molecule has 34 nitrogen and oxygen atoms in total. The minimum Gasteiger partial charge on any atom is -0.487 e. The molecule has 9 amide bonds. The van der Waals surface area contributed by atoms with Gasteiger partial charge in [-0.3, -0.25) is 47.9 Å². The summed E-state index contributed by atoms with van der Waals surface area (Å²) in [4.78, 5) is 162. The van der Waals surface area contributed by atoms with E-state index in [1.54, 1.807) is 143 Å². The summed E-state index contributed by atoms with van der Waals surface area (Å²) in [5.41, 5.74) is 0.857. The van der Waals surface area contributed by atoms with Crippen LogP contribution in [0.3, 0.4) is 0 Å².